The Hall–Kier alpha value is -1.07. The van der Waals surface area contributed by atoms with Gasteiger partial charge in [0, 0.05) is 0 Å². The van der Waals surface area contributed by atoms with E-state index in [1.54, 1.807) is 0 Å². The number of hydrogen-bond acceptors (Lipinski definition) is 7. The Morgan fingerprint density at radius 1 is 1.67 bits per heavy atom. The van der Waals surface area contributed by atoms with Crippen LogP contribution in [-0.2, 0) is 27.0 Å². The molecule has 0 rings (SSSR count). The molecule has 9 nitrogen and oxygen atoms in total. The second-order valence-electron chi connectivity index (χ2n) is 1.22. The summed E-state index contributed by atoms with van der Waals surface area (Å²) in [4.78, 5) is 19.2. The normalized spacial score (nSPS) is 15.2. The van der Waals surface area contributed by atoms with Crippen LogP contribution >= 0.6 is 0 Å². The van der Waals surface area contributed by atoms with Crippen molar-refractivity contribution in [3.05, 3.63) is 10.1 Å². The molecule has 0 amide bonds. The molecule has 12 heavy (non-hydrogen) atoms. The van der Waals surface area contributed by atoms with Gasteiger partial charge in [0.15, 0.2) is 9.54 Å². The number of carbonyl (C=O) groups is 1. The third-order valence-corrected chi connectivity index (χ3v) is 3.09. The number of hydrogen-bond donors (Lipinski definition) is 2. The van der Waals surface area contributed by atoms with Crippen LogP contribution in [0.15, 0.2) is 0 Å². The molecule has 1 unspecified atom stereocenters. The molecule has 0 aliphatic rings. The van der Waals surface area contributed by atoms with Crippen molar-refractivity contribution in [1.82, 2.24) is 0 Å². The summed E-state index contributed by atoms with van der Waals surface area (Å²) in [5.41, 5.74) is 0. The molecule has 0 fully saturated rings. The molecule has 0 spiro atoms. The molecule has 72 valence electrons. The molecule has 0 heterocycles. The van der Waals surface area contributed by atoms with Gasteiger partial charge in [0.1, 0.15) is 0 Å². The number of rotatable bonds is 2. The summed E-state index contributed by atoms with van der Waals surface area (Å²) in [5, 5.41) is 17.4. The Morgan fingerprint density at radius 3 is 2.33 bits per heavy atom. The van der Waals surface area contributed by atoms with Crippen molar-refractivity contribution in [1.29, 1.82) is 0 Å². The van der Waals surface area contributed by atoms with Crippen LogP contribution in [0, 0.1) is 10.1 Å². The Labute approximate surface area is 67.0 Å². The number of nitro groups is 1. The molecule has 0 aromatic rings. The maximum atomic E-state index is 10.3. The molecule has 2 N–H and O–H groups in total. The summed E-state index contributed by atoms with van der Waals surface area (Å²) in [6.07, 6.45) is -2.22. The molecule has 0 saturated carbocycles. The van der Waals surface area contributed by atoms with Crippen LogP contribution < -0.4 is 0 Å². The second kappa shape index (κ2) is 3.55. The van der Waals surface area contributed by atoms with Gasteiger partial charge in [0.2, 0.25) is 9.05 Å². The molecule has 0 saturated heterocycles. The largest absolute Gasteiger partial charge is 0.520 e. The van der Waals surface area contributed by atoms with Crippen LogP contribution in [0.25, 0.3) is 0 Å². The average Bonchev–Trinajstić information content (AvgIpc) is 1.82. The van der Waals surface area contributed by atoms with Gasteiger partial charge >= 0.3 is 6.16 Å². The van der Waals surface area contributed by atoms with Crippen LogP contribution in [-0.4, -0.2) is 24.4 Å². The molecule has 0 aromatic carbocycles. The second-order valence-corrected chi connectivity index (χ2v) is 5.09. The first kappa shape index (κ1) is 10.9. The van der Waals surface area contributed by atoms with Gasteiger partial charge in [-0.2, -0.15) is 0 Å². The SMILES string of the molecule is O=C(O)OS(=O)(O)=[S-](=O)[N+](=O)[O-]. The van der Waals surface area contributed by atoms with Crippen LogP contribution in [0.1, 0.15) is 0 Å². The quantitative estimate of drug-likeness (QED) is 0.357. The average molecular weight is 220 g/mol. The van der Waals surface area contributed by atoms with Gasteiger partial charge in [-0.3, -0.25) is 14.7 Å². The Bertz CT molecular complexity index is 367. The van der Waals surface area contributed by atoms with Crippen molar-refractivity contribution in [3.8, 4) is 0 Å². The van der Waals surface area contributed by atoms with Crippen molar-refractivity contribution >= 4 is 24.8 Å². The lowest BCUT2D eigenvalue weighted by Gasteiger charge is -2.03. The highest BCUT2D eigenvalue weighted by molar-refractivity contribution is 8.35. The molecular formula is CH2NO8S2-. The minimum atomic E-state index is -4.94. The van der Waals surface area contributed by atoms with E-state index in [2.05, 4.69) is 4.18 Å². The summed E-state index contributed by atoms with van der Waals surface area (Å²) in [6, 6.07) is 0. The van der Waals surface area contributed by atoms with E-state index in [0.29, 0.717) is 0 Å². The minimum absolute atomic E-state index is 1.63. The van der Waals surface area contributed by atoms with E-state index < -0.39 is 29.1 Å². The van der Waals surface area contributed by atoms with Gasteiger partial charge in [-0.05, 0) is 4.33 Å². The lowest BCUT2D eigenvalue weighted by atomic mass is 11.5. The summed E-state index contributed by atoms with van der Waals surface area (Å²) in [7, 11) is -8.44. The molecule has 0 aliphatic heterocycles. The number of nitrogens with zero attached hydrogens (tertiary/aromatic N) is 1. The van der Waals surface area contributed by atoms with E-state index in [4.69, 9.17) is 9.66 Å². The summed E-state index contributed by atoms with van der Waals surface area (Å²) >= 11 is 0. The van der Waals surface area contributed by atoms with Crippen molar-refractivity contribution in [2.24, 2.45) is 0 Å². The molecule has 0 radical (unpaired) electrons. The van der Waals surface area contributed by atoms with E-state index in [-0.39, 0.29) is 0 Å². The monoisotopic (exact) mass is 220 g/mol. The van der Waals surface area contributed by atoms with Crippen molar-refractivity contribution < 1.29 is 31.4 Å². The van der Waals surface area contributed by atoms with Crippen molar-refractivity contribution in [2.75, 3.05) is 0 Å². The topological polar surface area (TPSA) is 144 Å². The molecule has 0 aliphatic carbocycles. The van der Waals surface area contributed by atoms with E-state index in [0.717, 1.165) is 0 Å². The van der Waals surface area contributed by atoms with Crippen molar-refractivity contribution in [3.63, 3.8) is 0 Å². The van der Waals surface area contributed by atoms with E-state index in [1.165, 1.54) is 0 Å². The predicted octanol–water partition coefficient (Wildman–Crippen LogP) is -0.576. The number of carboxylic acid groups (broad SMARTS) is 1. The summed E-state index contributed by atoms with van der Waals surface area (Å²) < 4.78 is 30.3. The molecule has 11 heteroatoms. The minimum Gasteiger partial charge on any atom is -0.449 e. The highest BCUT2D eigenvalue weighted by atomic mass is 32.9. The van der Waals surface area contributed by atoms with Gasteiger partial charge in [-0.15, -0.1) is 0 Å². The smallest absolute Gasteiger partial charge is 0.449 e. The Balaban J connectivity index is 5.23. The van der Waals surface area contributed by atoms with Gasteiger partial charge < -0.3 is 13.5 Å². The third-order valence-electron chi connectivity index (χ3n) is 0.478. The van der Waals surface area contributed by atoms with Gasteiger partial charge in [0.05, 0.1) is 0 Å². The lowest BCUT2D eigenvalue weighted by Crippen LogP contribution is -2.15. The van der Waals surface area contributed by atoms with Gasteiger partial charge in [0.25, 0.3) is 0 Å². The first-order valence-electron chi connectivity index (χ1n) is 2.03. The van der Waals surface area contributed by atoms with Gasteiger partial charge in [-0.25, -0.2) is 9.00 Å². The first-order chi connectivity index (χ1) is 5.27. The zero-order chi connectivity index (χ0) is 9.94. The zero-order valence-corrected chi connectivity index (χ0v) is 6.74. The van der Waals surface area contributed by atoms with Crippen molar-refractivity contribution in [2.45, 2.75) is 0 Å². The van der Waals surface area contributed by atoms with Crippen LogP contribution in [0.2, 0.25) is 0 Å². The summed E-state index contributed by atoms with van der Waals surface area (Å²) in [5.74, 6) is 0. The highest BCUT2D eigenvalue weighted by Crippen LogP contribution is 1.94. The van der Waals surface area contributed by atoms with E-state index in [9.17, 15) is 23.3 Å². The predicted molar refractivity (Wildman–Crippen MR) is 34.9 cm³/mol. The molecular weight excluding hydrogens is 218 g/mol. The molecule has 1 atom stereocenters. The summed E-state index contributed by atoms with van der Waals surface area (Å²) in [6.45, 7) is 0. The van der Waals surface area contributed by atoms with Crippen LogP contribution in [0.3, 0.4) is 0 Å². The van der Waals surface area contributed by atoms with Crippen LogP contribution in [0.4, 0.5) is 4.79 Å². The zero-order valence-electron chi connectivity index (χ0n) is 5.11. The fourth-order valence-corrected chi connectivity index (χ4v) is 1.40. The van der Waals surface area contributed by atoms with Gasteiger partial charge in [-0.1, -0.05) is 0 Å². The highest BCUT2D eigenvalue weighted by Gasteiger charge is 2.09. The van der Waals surface area contributed by atoms with E-state index in [1.807, 2.05) is 0 Å². The maximum absolute atomic E-state index is 10.3. The Morgan fingerprint density at radius 2 is 2.08 bits per heavy atom. The maximum Gasteiger partial charge on any atom is 0.520 e. The Kier molecular flexibility index (Phi) is 3.24. The third kappa shape index (κ3) is 2.89. The first-order valence-corrected chi connectivity index (χ1v) is 5.09. The standard InChI is InChI=1S/CH2NO8S2/c3-1(4)10-12(8,9)11(7)2(5)6/h(H,3,4)(H,8,9)/q-1. The van der Waals surface area contributed by atoms with Crippen LogP contribution in [0.5, 0.6) is 0 Å². The fraction of sp³-hybridized carbons (Fsp3) is 0. The molecule has 0 bridgehead atoms. The fourth-order valence-electron chi connectivity index (χ4n) is 0.196. The molecule has 0 aromatic heterocycles. The lowest BCUT2D eigenvalue weighted by molar-refractivity contribution is -0.291. The van der Waals surface area contributed by atoms with E-state index >= 15 is 0 Å².